The molecule has 3 heterocycles. The Kier molecular flexibility index (Phi) is 5.10. The predicted molar refractivity (Wildman–Crippen MR) is 117 cm³/mol. The zero-order chi connectivity index (χ0) is 23.5. The molecule has 9 heteroatoms. The molecule has 1 saturated carbocycles. The number of aromatic hydroxyl groups is 1. The highest BCUT2D eigenvalue weighted by Gasteiger charge is 2.34. The standard InChI is InChI=1S/C24H25F3N4O2/c1-13-10-15(24(25,26)27)11-19(32)21(13)18-8-7-17-22(14-4-3-5-14)31(29-23(17)28-18)16-6-9-20(33)30(2)12-16/h7-8,10-11,14,16,32H,3-6,9,12H2,1-2H3. The second-order valence-electron chi connectivity index (χ2n) is 9.18. The number of amides is 1. The number of fused-ring (bicyclic) bond motifs is 1. The van der Waals surface area contributed by atoms with Crippen LogP contribution in [-0.2, 0) is 11.0 Å². The first-order valence-corrected chi connectivity index (χ1v) is 11.2. The second-order valence-corrected chi connectivity index (χ2v) is 9.18. The number of carbonyl (C=O) groups is 1. The van der Waals surface area contributed by atoms with Gasteiger partial charge in [0.05, 0.1) is 23.0 Å². The van der Waals surface area contributed by atoms with Gasteiger partial charge in [0.2, 0.25) is 5.91 Å². The number of phenols is 1. The van der Waals surface area contributed by atoms with Crippen molar-refractivity contribution in [2.45, 2.75) is 57.2 Å². The molecule has 1 saturated heterocycles. The van der Waals surface area contributed by atoms with Gasteiger partial charge in [0.1, 0.15) is 5.75 Å². The molecule has 1 aliphatic heterocycles. The van der Waals surface area contributed by atoms with Crippen molar-refractivity contribution in [1.29, 1.82) is 0 Å². The lowest BCUT2D eigenvalue weighted by molar-refractivity contribution is -0.137. The number of aromatic nitrogens is 3. The number of hydrogen-bond donors (Lipinski definition) is 1. The molecule has 2 aliphatic rings. The molecule has 0 spiro atoms. The van der Waals surface area contributed by atoms with Crippen molar-refractivity contribution in [2.75, 3.05) is 13.6 Å². The van der Waals surface area contributed by atoms with Crippen LogP contribution in [0.4, 0.5) is 13.2 Å². The van der Waals surface area contributed by atoms with Gasteiger partial charge in [-0.25, -0.2) is 4.98 Å². The van der Waals surface area contributed by atoms with E-state index in [1.807, 2.05) is 10.7 Å². The summed E-state index contributed by atoms with van der Waals surface area (Å²) in [5, 5.41) is 16.1. The van der Waals surface area contributed by atoms with E-state index in [2.05, 4.69) is 4.98 Å². The van der Waals surface area contributed by atoms with Crippen molar-refractivity contribution < 1.29 is 23.1 Å². The fourth-order valence-electron chi connectivity index (χ4n) is 4.97. The summed E-state index contributed by atoms with van der Waals surface area (Å²) in [6.45, 7) is 2.11. The van der Waals surface area contributed by atoms with E-state index in [0.717, 1.165) is 42.5 Å². The third-order valence-electron chi connectivity index (χ3n) is 6.94. The number of aryl methyl sites for hydroxylation is 1. The van der Waals surface area contributed by atoms with Crippen LogP contribution in [-0.4, -0.2) is 44.3 Å². The topological polar surface area (TPSA) is 71.2 Å². The Morgan fingerprint density at radius 3 is 2.52 bits per heavy atom. The van der Waals surface area contributed by atoms with Crippen molar-refractivity contribution >= 4 is 16.9 Å². The number of halogens is 3. The van der Waals surface area contributed by atoms with Gasteiger partial charge < -0.3 is 10.0 Å². The first kappa shape index (κ1) is 21.7. The zero-order valence-corrected chi connectivity index (χ0v) is 18.5. The maximum atomic E-state index is 13.1. The Morgan fingerprint density at radius 1 is 1.15 bits per heavy atom. The molecule has 6 nitrogen and oxygen atoms in total. The third-order valence-corrected chi connectivity index (χ3v) is 6.94. The monoisotopic (exact) mass is 458 g/mol. The van der Waals surface area contributed by atoms with Gasteiger partial charge in [0, 0.05) is 36.9 Å². The largest absolute Gasteiger partial charge is 0.507 e. The molecule has 1 amide bonds. The number of alkyl halides is 3. The third kappa shape index (κ3) is 3.73. The van der Waals surface area contributed by atoms with E-state index < -0.39 is 17.5 Å². The van der Waals surface area contributed by atoms with Gasteiger partial charge in [-0.3, -0.25) is 9.48 Å². The number of piperidine rings is 1. The summed E-state index contributed by atoms with van der Waals surface area (Å²) in [4.78, 5) is 18.4. The summed E-state index contributed by atoms with van der Waals surface area (Å²) in [7, 11) is 1.80. The summed E-state index contributed by atoms with van der Waals surface area (Å²) >= 11 is 0. The molecular weight excluding hydrogens is 433 g/mol. The van der Waals surface area contributed by atoms with Crippen LogP contribution in [0.5, 0.6) is 5.75 Å². The average Bonchev–Trinajstić information content (AvgIpc) is 3.06. The molecule has 5 rings (SSSR count). The Bertz CT molecular complexity index is 1220. The Morgan fingerprint density at radius 2 is 1.91 bits per heavy atom. The van der Waals surface area contributed by atoms with Crippen LogP contribution in [0.25, 0.3) is 22.3 Å². The molecule has 174 valence electrons. The Labute approximate surface area is 189 Å². The number of likely N-dealkylation sites (N-methyl/N-ethyl adjacent to an activating group) is 1. The Balaban J connectivity index is 1.60. The summed E-state index contributed by atoms with van der Waals surface area (Å²) < 4.78 is 41.4. The first-order chi connectivity index (χ1) is 15.6. The van der Waals surface area contributed by atoms with Crippen LogP contribution in [0.3, 0.4) is 0 Å². The second kappa shape index (κ2) is 7.74. The lowest BCUT2D eigenvalue weighted by Gasteiger charge is -2.33. The molecule has 1 N–H and O–H groups in total. The van der Waals surface area contributed by atoms with Crippen molar-refractivity contribution in [1.82, 2.24) is 19.7 Å². The minimum atomic E-state index is -4.54. The van der Waals surface area contributed by atoms with E-state index >= 15 is 0 Å². The number of hydrogen-bond acceptors (Lipinski definition) is 4. The van der Waals surface area contributed by atoms with E-state index in [-0.39, 0.29) is 17.5 Å². The van der Waals surface area contributed by atoms with E-state index in [1.165, 1.54) is 6.92 Å². The van der Waals surface area contributed by atoms with Gasteiger partial charge >= 0.3 is 6.18 Å². The minimum Gasteiger partial charge on any atom is -0.507 e. The van der Waals surface area contributed by atoms with E-state index in [0.29, 0.717) is 42.2 Å². The van der Waals surface area contributed by atoms with Crippen LogP contribution in [0, 0.1) is 6.92 Å². The van der Waals surface area contributed by atoms with Gasteiger partial charge in [-0.1, -0.05) is 6.42 Å². The lowest BCUT2D eigenvalue weighted by atomic mass is 9.81. The van der Waals surface area contributed by atoms with Crippen LogP contribution in [0.15, 0.2) is 24.3 Å². The van der Waals surface area contributed by atoms with Crippen LogP contribution in [0.1, 0.15) is 60.9 Å². The number of phenolic OH excluding ortho intramolecular Hbond substituents is 1. The SMILES string of the molecule is Cc1cc(C(F)(F)F)cc(O)c1-c1ccc2c(C3CCC3)n(C3CCC(=O)N(C)C3)nc2n1. The molecule has 1 unspecified atom stereocenters. The average molecular weight is 458 g/mol. The number of rotatable bonds is 3. The first-order valence-electron chi connectivity index (χ1n) is 11.2. The predicted octanol–water partition coefficient (Wildman–Crippen LogP) is 5.19. The fraction of sp³-hybridized carbons (Fsp3) is 0.458. The Hall–Kier alpha value is -3.10. The van der Waals surface area contributed by atoms with E-state index in [1.54, 1.807) is 18.0 Å². The minimum absolute atomic E-state index is 0.0576. The quantitative estimate of drug-likeness (QED) is 0.586. The van der Waals surface area contributed by atoms with Crippen molar-refractivity contribution in [3.63, 3.8) is 0 Å². The number of nitrogens with zero attached hydrogens (tertiary/aromatic N) is 4. The van der Waals surface area contributed by atoms with Gasteiger partial charge in [-0.2, -0.15) is 18.3 Å². The molecule has 1 atom stereocenters. The molecule has 2 aromatic heterocycles. The molecule has 33 heavy (non-hydrogen) atoms. The van der Waals surface area contributed by atoms with Gasteiger partial charge in [0.25, 0.3) is 0 Å². The smallest absolute Gasteiger partial charge is 0.416 e. The number of pyridine rings is 1. The maximum absolute atomic E-state index is 13.1. The number of benzene rings is 1. The highest BCUT2D eigenvalue weighted by atomic mass is 19.4. The van der Waals surface area contributed by atoms with Gasteiger partial charge in [-0.15, -0.1) is 0 Å². The lowest BCUT2D eigenvalue weighted by Crippen LogP contribution is -2.39. The molecule has 1 aliphatic carbocycles. The summed E-state index contributed by atoms with van der Waals surface area (Å²) in [5.41, 5.74) is 1.68. The summed E-state index contributed by atoms with van der Waals surface area (Å²) in [6.07, 6.45) is -0.0549. The normalized spacial score (nSPS) is 19.8. The van der Waals surface area contributed by atoms with Crippen LogP contribution >= 0.6 is 0 Å². The van der Waals surface area contributed by atoms with Gasteiger partial charge in [-0.05, 0) is 56.0 Å². The number of likely N-dealkylation sites (tertiary alicyclic amines) is 1. The maximum Gasteiger partial charge on any atom is 0.416 e. The molecule has 1 aromatic carbocycles. The molecular formula is C24H25F3N4O2. The van der Waals surface area contributed by atoms with Crippen LogP contribution in [0.2, 0.25) is 0 Å². The van der Waals surface area contributed by atoms with Crippen molar-refractivity contribution in [3.05, 3.63) is 41.1 Å². The number of carbonyl (C=O) groups excluding carboxylic acids is 1. The zero-order valence-electron chi connectivity index (χ0n) is 18.5. The summed E-state index contributed by atoms with van der Waals surface area (Å²) in [5.74, 6) is 0.0499. The summed E-state index contributed by atoms with van der Waals surface area (Å²) in [6, 6.07) is 5.46. The molecule has 0 bridgehead atoms. The van der Waals surface area contributed by atoms with Gasteiger partial charge in [0.15, 0.2) is 5.65 Å². The molecule has 2 fully saturated rings. The molecule has 0 radical (unpaired) electrons. The van der Waals surface area contributed by atoms with Crippen molar-refractivity contribution in [2.24, 2.45) is 0 Å². The highest BCUT2D eigenvalue weighted by molar-refractivity contribution is 5.83. The highest BCUT2D eigenvalue weighted by Crippen LogP contribution is 2.43. The van der Waals surface area contributed by atoms with E-state index in [9.17, 15) is 23.1 Å². The van der Waals surface area contributed by atoms with Crippen molar-refractivity contribution in [3.8, 4) is 17.0 Å². The van der Waals surface area contributed by atoms with Crippen LogP contribution < -0.4 is 0 Å². The van der Waals surface area contributed by atoms with E-state index in [4.69, 9.17) is 5.10 Å². The molecule has 3 aromatic rings. The fourth-order valence-corrected chi connectivity index (χ4v) is 4.97.